The highest BCUT2D eigenvalue weighted by Crippen LogP contribution is 2.33. The van der Waals surface area contributed by atoms with Gasteiger partial charge in [0.05, 0.1) is 28.5 Å². The van der Waals surface area contributed by atoms with Gasteiger partial charge in [0.1, 0.15) is 4.70 Å². The molecule has 1 aliphatic heterocycles. The van der Waals surface area contributed by atoms with Crippen molar-refractivity contribution in [1.82, 2.24) is 24.4 Å². The summed E-state index contributed by atoms with van der Waals surface area (Å²) in [5.41, 5.74) is 2.60. The van der Waals surface area contributed by atoms with E-state index in [-0.39, 0.29) is 6.01 Å². The molecule has 0 unspecified atom stereocenters. The lowest BCUT2D eigenvalue weighted by molar-refractivity contribution is 0.346. The summed E-state index contributed by atoms with van der Waals surface area (Å²) < 4.78 is 31.0. The van der Waals surface area contributed by atoms with Crippen molar-refractivity contribution in [3.63, 3.8) is 0 Å². The van der Waals surface area contributed by atoms with Crippen LogP contribution in [0.4, 0.5) is 5.95 Å². The van der Waals surface area contributed by atoms with Gasteiger partial charge < -0.3 is 19.0 Å². The van der Waals surface area contributed by atoms with E-state index >= 15 is 0 Å². The fourth-order valence-electron chi connectivity index (χ4n) is 4.84. The van der Waals surface area contributed by atoms with Crippen LogP contribution in [0, 0.1) is 0 Å². The summed E-state index contributed by atoms with van der Waals surface area (Å²) in [6.07, 6.45) is 3.41. The van der Waals surface area contributed by atoms with Crippen molar-refractivity contribution in [2.24, 2.45) is 0 Å². The van der Waals surface area contributed by atoms with Crippen LogP contribution in [0.5, 0.6) is 6.01 Å². The fourth-order valence-corrected chi connectivity index (χ4v) is 6.38. The van der Waals surface area contributed by atoms with E-state index < -0.39 is 15.7 Å². The minimum absolute atomic E-state index is 0.331. The number of aromatic nitrogens is 4. The number of nitrogens with one attached hydrogen (secondary N) is 1. The van der Waals surface area contributed by atoms with Gasteiger partial charge in [-0.1, -0.05) is 23.7 Å². The number of thiophene rings is 1. The van der Waals surface area contributed by atoms with Gasteiger partial charge in [-0.05, 0) is 67.9 Å². The second-order valence-electron chi connectivity index (χ2n) is 9.89. The quantitative estimate of drug-likeness (QED) is 0.260. The number of likely N-dealkylation sites (tertiary alicyclic amines) is 1. The Balaban J connectivity index is 1.40. The molecule has 1 N–H and O–H groups in total. The van der Waals surface area contributed by atoms with Crippen molar-refractivity contribution in [3.8, 4) is 22.1 Å². The number of hydrogen-bond donors (Lipinski definition) is 1. The van der Waals surface area contributed by atoms with E-state index in [1.807, 2.05) is 19.2 Å². The number of rotatable bonds is 8. The molecular weight excluding hydrogens is 572 g/mol. The third-order valence-corrected chi connectivity index (χ3v) is 8.76. The number of benzene rings is 2. The van der Waals surface area contributed by atoms with Crippen molar-refractivity contribution in [3.05, 3.63) is 63.9 Å². The molecular formula is C27H27ClN6O4S2. The zero-order valence-corrected chi connectivity index (χ0v) is 24.3. The average molecular weight is 599 g/mol. The summed E-state index contributed by atoms with van der Waals surface area (Å²) in [5.74, 6) is 0.714. The van der Waals surface area contributed by atoms with E-state index in [1.165, 1.54) is 28.7 Å². The molecule has 4 heterocycles. The molecule has 0 radical (unpaired) electrons. The number of fused-ring (bicyclic) bond motifs is 2. The lowest BCUT2D eigenvalue weighted by atomic mass is 10.2. The summed E-state index contributed by atoms with van der Waals surface area (Å²) in [7, 11) is -1.98. The highest BCUT2D eigenvalue weighted by atomic mass is 35.5. The first kappa shape index (κ1) is 26.8. The summed E-state index contributed by atoms with van der Waals surface area (Å²) in [6.45, 7) is 4.06. The Morgan fingerprint density at radius 2 is 1.82 bits per heavy atom. The van der Waals surface area contributed by atoms with Crippen molar-refractivity contribution >= 4 is 60.3 Å². The van der Waals surface area contributed by atoms with E-state index in [2.05, 4.69) is 19.8 Å². The van der Waals surface area contributed by atoms with Crippen molar-refractivity contribution < 1.29 is 12.6 Å². The Bertz CT molecular complexity index is 1880. The van der Waals surface area contributed by atoms with E-state index in [4.69, 9.17) is 20.8 Å². The monoisotopic (exact) mass is 598 g/mol. The van der Waals surface area contributed by atoms with Crippen LogP contribution >= 0.6 is 22.9 Å². The lowest BCUT2D eigenvalue weighted by Gasteiger charge is -2.20. The number of anilines is 1. The molecule has 1 saturated heterocycles. The zero-order chi connectivity index (χ0) is 28.0. The normalized spacial score (nSPS) is 14.4. The van der Waals surface area contributed by atoms with E-state index in [9.17, 15) is 13.2 Å². The minimum Gasteiger partial charge on any atom is -0.344 e. The van der Waals surface area contributed by atoms with Gasteiger partial charge in [-0.25, -0.2) is 9.55 Å². The Kier molecular flexibility index (Phi) is 7.03. The third-order valence-electron chi connectivity index (χ3n) is 6.89. The molecule has 1 fully saturated rings. The van der Waals surface area contributed by atoms with Crippen LogP contribution in [0.25, 0.3) is 37.4 Å². The summed E-state index contributed by atoms with van der Waals surface area (Å²) in [6, 6.07) is 13.9. The molecule has 5 aromatic rings. The van der Waals surface area contributed by atoms with Gasteiger partial charge >= 0.3 is 16.1 Å². The van der Waals surface area contributed by atoms with Crippen LogP contribution in [0.3, 0.4) is 0 Å². The van der Waals surface area contributed by atoms with Crippen LogP contribution in [0.15, 0.2) is 53.3 Å². The number of H-pyrrole nitrogens is 1. The molecule has 10 nitrogen and oxygen atoms in total. The highest BCUT2D eigenvalue weighted by molar-refractivity contribution is 7.86. The second-order valence-corrected chi connectivity index (χ2v) is 13.0. The van der Waals surface area contributed by atoms with Gasteiger partial charge in [0.2, 0.25) is 5.95 Å². The zero-order valence-electron chi connectivity index (χ0n) is 21.9. The van der Waals surface area contributed by atoms with Crippen LogP contribution in [-0.2, 0) is 10.1 Å². The molecule has 0 atom stereocenters. The average Bonchev–Trinajstić information content (AvgIpc) is 3.66. The minimum atomic E-state index is -3.97. The molecule has 1 aliphatic rings. The van der Waals surface area contributed by atoms with E-state index in [1.54, 1.807) is 36.4 Å². The van der Waals surface area contributed by atoms with Crippen molar-refractivity contribution in [2.45, 2.75) is 12.8 Å². The highest BCUT2D eigenvalue weighted by Gasteiger charge is 2.21. The van der Waals surface area contributed by atoms with Gasteiger partial charge in [0, 0.05) is 30.0 Å². The molecule has 0 bridgehead atoms. The van der Waals surface area contributed by atoms with Gasteiger partial charge in [-0.2, -0.15) is 13.4 Å². The van der Waals surface area contributed by atoms with Gasteiger partial charge in [-0.3, -0.25) is 4.79 Å². The molecule has 0 spiro atoms. The third kappa shape index (κ3) is 5.44. The Labute approximate surface area is 239 Å². The molecule has 3 aromatic heterocycles. The van der Waals surface area contributed by atoms with Crippen LogP contribution in [0.1, 0.15) is 12.8 Å². The first-order valence-corrected chi connectivity index (χ1v) is 15.8. The standard InChI is InChI=1S/C27H27ClN6O4S2/c1-32(13-14-33-11-3-4-12-33)26-29-20-10-9-19(15-21(20)30-26)34-25(35)24-22(31-27(34)38-40(2,36)37)16-23(39-24)17-5-7-18(28)8-6-17/h5-10,15-16H,3-4,11-14H2,1-2H3,(H,29,30). The molecule has 0 saturated carbocycles. The summed E-state index contributed by atoms with van der Waals surface area (Å²) in [5, 5.41) is 0.601. The maximum atomic E-state index is 13.8. The Hall–Kier alpha value is -3.45. The Morgan fingerprint density at radius 1 is 1.07 bits per heavy atom. The van der Waals surface area contributed by atoms with E-state index in [0.717, 1.165) is 48.4 Å². The molecule has 13 heteroatoms. The molecule has 0 aliphatic carbocycles. The fraction of sp³-hybridized carbons (Fsp3) is 0.296. The number of likely N-dealkylation sites (N-methyl/N-ethyl adjacent to an activating group) is 1. The molecule has 2 aromatic carbocycles. The molecule has 0 amide bonds. The van der Waals surface area contributed by atoms with Crippen LogP contribution in [-0.4, -0.2) is 72.3 Å². The SMILES string of the molecule is CN(CCN1CCCC1)c1nc2ccc(-n3c(OS(C)(=O)=O)nc4cc(-c5ccc(Cl)cc5)sc4c3=O)cc2[nH]1. The lowest BCUT2D eigenvalue weighted by Crippen LogP contribution is -2.31. The van der Waals surface area contributed by atoms with Gasteiger partial charge in [-0.15, -0.1) is 11.3 Å². The second kappa shape index (κ2) is 10.5. The topological polar surface area (TPSA) is 113 Å². The first-order chi connectivity index (χ1) is 19.1. The van der Waals surface area contributed by atoms with Crippen molar-refractivity contribution in [1.29, 1.82) is 0 Å². The van der Waals surface area contributed by atoms with Crippen molar-refractivity contribution in [2.75, 3.05) is 44.4 Å². The maximum Gasteiger partial charge on any atom is 0.321 e. The number of hydrogen-bond acceptors (Lipinski definition) is 9. The first-order valence-electron chi connectivity index (χ1n) is 12.8. The maximum absolute atomic E-state index is 13.8. The predicted octanol–water partition coefficient (Wildman–Crippen LogP) is 4.51. The number of halogens is 1. The largest absolute Gasteiger partial charge is 0.344 e. The number of aromatic amines is 1. The summed E-state index contributed by atoms with van der Waals surface area (Å²) >= 11 is 7.30. The number of nitrogens with zero attached hydrogens (tertiary/aromatic N) is 5. The molecule has 208 valence electrons. The van der Waals surface area contributed by atoms with Gasteiger partial charge in [0.25, 0.3) is 5.56 Å². The number of imidazole rings is 1. The molecule has 40 heavy (non-hydrogen) atoms. The van der Waals surface area contributed by atoms with E-state index in [0.29, 0.717) is 32.4 Å². The predicted molar refractivity (Wildman–Crippen MR) is 160 cm³/mol. The van der Waals surface area contributed by atoms with Crippen LogP contribution < -0.4 is 14.6 Å². The van der Waals surface area contributed by atoms with Crippen LogP contribution in [0.2, 0.25) is 5.02 Å². The van der Waals surface area contributed by atoms with Gasteiger partial charge in [0.15, 0.2) is 0 Å². The Morgan fingerprint density at radius 3 is 2.55 bits per heavy atom. The molecule has 6 rings (SSSR count). The smallest absolute Gasteiger partial charge is 0.321 e. The summed E-state index contributed by atoms with van der Waals surface area (Å²) in [4.78, 5) is 31.6.